The second kappa shape index (κ2) is 13.5. The van der Waals surface area contributed by atoms with Crippen molar-refractivity contribution < 1.29 is 19.2 Å². The van der Waals surface area contributed by atoms with Gasteiger partial charge in [0, 0.05) is 44.3 Å². The summed E-state index contributed by atoms with van der Waals surface area (Å²) in [4.78, 5) is 49.6. The third kappa shape index (κ3) is 8.62. The van der Waals surface area contributed by atoms with Crippen molar-refractivity contribution in [1.29, 1.82) is 0 Å². The molecule has 1 aliphatic heterocycles. The van der Waals surface area contributed by atoms with E-state index in [1.54, 1.807) is 0 Å². The molecular formula is C24H41N3O4. The Kier molecular flexibility index (Phi) is 11.0. The lowest BCUT2D eigenvalue weighted by atomic mass is 9.81. The molecule has 0 aromatic heterocycles. The number of carbonyl (C=O) groups excluding carboxylic acids is 4. The molecule has 2 aliphatic rings. The first-order valence-electron chi connectivity index (χ1n) is 12.3. The van der Waals surface area contributed by atoms with Crippen molar-refractivity contribution in [1.82, 2.24) is 15.5 Å². The van der Waals surface area contributed by atoms with Gasteiger partial charge in [-0.3, -0.25) is 24.1 Å². The van der Waals surface area contributed by atoms with E-state index in [-0.39, 0.29) is 35.5 Å². The van der Waals surface area contributed by atoms with E-state index < -0.39 is 0 Å². The predicted molar refractivity (Wildman–Crippen MR) is 120 cm³/mol. The van der Waals surface area contributed by atoms with Gasteiger partial charge < -0.3 is 10.6 Å². The molecule has 2 fully saturated rings. The quantitative estimate of drug-likeness (QED) is 0.343. The van der Waals surface area contributed by atoms with Crippen LogP contribution in [0.25, 0.3) is 0 Å². The monoisotopic (exact) mass is 435 g/mol. The highest BCUT2D eigenvalue weighted by Gasteiger charge is 2.37. The predicted octanol–water partition coefficient (Wildman–Crippen LogP) is 3.17. The molecule has 2 rings (SSSR count). The lowest BCUT2D eigenvalue weighted by Gasteiger charge is -2.30. The van der Waals surface area contributed by atoms with Crippen molar-refractivity contribution in [2.24, 2.45) is 17.8 Å². The molecule has 7 heteroatoms. The SMILES string of the molecule is CCCCCNC(=O)CCCCCNC(=O)C1CCC(CN2C(=O)CC(C)C2=O)CC1. The van der Waals surface area contributed by atoms with E-state index in [4.69, 9.17) is 0 Å². The number of imide groups is 1. The second-order valence-corrected chi connectivity index (χ2v) is 9.32. The molecule has 1 saturated heterocycles. The molecule has 0 bridgehead atoms. The molecular weight excluding hydrogens is 394 g/mol. The summed E-state index contributed by atoms with van der Waals surface area (Å²) in [5, 5.41) is 5.99. The maximum atomic E-state index is 12.4. The normalized spacial score (nSPS) is 23.8. The van der Waals surface area contributed by atoms with Gasteiger partial charge in [0.25, 0.3) is 0 Å². The number of amides is 4. The summed E-state index contributed by atoms with van der Waals surface area (Å²) in [6, 6.07) is 0. The highest BCUT2D eigenvalue weighted by molar-refractivity contribution is 6.03. The molecule has 0 aromatic rings. The Balaban J connectivity index is 1.51. The fourth-order valence-corrected chi connectivity index (χ4v) is 4.54. The number of hydrogen-bond acceptors (Lipinski definition) is 4. The number of hydrogen-bond donors (Lipinski definition) is 2. The van der Waals surface area contributed by atoms with E-state index in [0.717, 1.165) is 70.8 Å². The maximum Gasteiger partial charge on any atom is 0.232 e. The molecule has 2 N–H and O–H groups in total. The van der Waals surface area contributed by atoms with Crippen LogP contribution in [0.4, 0.5) is 0 Å². The van der Waals surface area contributed by atoms with Gasteiger partial charge in [-0.25, -0.2) is 0 Å². The third-order valence-electron chi connectivity index (χ3n) is 6.61. The van der Waals surface area contributed by atoms with Crippen molar-refractivity contribution in [3.05, 3.63) is 0 Å². The van der Waals surface area contributed by atoms with Crippen LogP contribution < -0.4 is 10.6 Å². The highest BCUT2D eigenvalue weighted by atomic mass is 16.2. The zero-order valence-electron chi connectivity index (χ0n) is 19.4. The molecule has 176 valence electrons. The number of nitrogens with one attached hydrogen (secondary N) is 2. The number of rotatable bonds is 13. The van der Waals surface area contributed by atoms with Crippen molar-refractivity contribution in [2.45, 2.75) is 90.9 Å². The molecule has 1 saturated carbocycles. The van der Waals surface area contributed by atoms with Crippen LogP contribution in [0.5, 0.6) is 0 Å². The Labute approximate surface area is 187 Å². The standard InChI is InChI=1S/C24H41N3O4/c1-3-4-7-14-25-21(28)9-6-5-8-15-26-23(30)20-12-10-19(11-13-20)17-27-22(29)16-18(2)24(27)31/h18-20H,3-17H2,1-2H3,(H,25,28)(H,26,30). The molecule has 7 nitrogen and oxygen atoms in total. The first kappa shape index (κ1) is 25.3. The summed E-state index contributed by atoms with van der Waals surface area (Å²) in [5.41, 5.74) is 0. The van der Waals surface area contributed by atoms with Gasteiger partial charge in [-0.05, 0) is 50.9 Å². The first-order chi connectivity index (χ1) is 14.9. The van der Waals surface area contributed by atoms with Crippen LogP contribution in [0.2, 0.25) is 0 Å². The van der Waals surface area contributed by atoms with Crippen molar-refractivity contribution >= 4 is 23.6 Å². The van der Waals surface area contributed by atoms with Crippen LogP contribution >= 0.6 is 0 Å². The van der Waals surface area contributed by atoms with Crippen molar-refractivity contribution in [3.8, 4) is 0 Å². The average molecular weight is 436 g/mol. The van der Waals surface area contributed by atoms with E-state index in [0.29, 0.717) is 31.8 Å². The number of carbonyl (C=O) groups is 4. The smallest absolute Gasteiger partial charge is 0.232 e. The van der Waals surface area contributed by atoms with Gasteiger partial charge in [0.2, 0.25) is 23.6 Å². The lowest BCUT2D eigenvalue weighted by Crippen LogP contribution is -2.38. The second-order valence-electron chi connectivity index (χ2n) is 9.32. The fourth-order valence-electron chi connectivity index (χ4n) is 4.54. The van der Waals surface area contributed by atoms with Crippen LogP contribution in [0.1, 0.15) is 90.9 Å². The summed E-state index contributed by atoms with van der Waals surface area (Å²) in [7, 11) is 0. The Morgan fingerprint density at radius 2 is 1.61 bits per heavy atom. The van der Waals surface area contributed by atoms with E-state index in [1.807, 2.05) is 6.92 Å². The number of likely N-dealkylation sites (tertiary alicyclic amines) is 1. The Morgan fingerprint density at radius 1 is 0.935 bits per heavy atom. The summed E-state index contributed by atoms with van der Waals surface area (Å²) < 4.78 is 0. The summed E-state index contributed by atoms with van der Waals surface area (Å²) in [6.07, 6.45) is 10.3. The average Bonchev–Trinajstić information content (AvgIpc) is 3.00. The minimum Gasteiger partial charge on any atom is -0.356 e. The lowest BCUT2D eigenvalue weighted by molar-refractivity contribution is -0.140. The van der Waals surface area contributed by atoms with E-state index in [9.17, 15) is 19.2 Å². The zero-order chi connectivity index (χ0) is 22.6. The van der Waals surface area contributed by atoms with Crippen LogP contribution in [0.3, 0.4) is 0 Å². The van der Waals surface area contributed by atoms with E-state index in [2.05, 4.69) is 17.6 Å². The maximum absolute atomic E-state index is 12.4. The van der Waals surface area contributed by atoms with E-state index >= 15 is 0 Å². The molecule has 0 spiro atoms. The number of nitrogens with zero attached hydrogens (tertiary/aromatic N) is 1. The Bertz CT molecular complexity index is 614. The van der Waals surface area contributed by atoms with Crippen LogP contribution in [0, 0.1) is 17.8 Å². The van der Waals surface area contributed by atoms with Crippen molar-refractivity contribution in [3.63, 3.8) is 0 Å². The molecule has 1 heterocycles. The summed E-state index contributed by atoms with van der Waals surface area (Å²) >= 11 is 0. The van der Waals surface area contributed by atoms with Gasteiger partial charge in [-0.2, -0.15) is 0 Å². The van der Waals surface area contributed by atoms with Gasteiger partial charge in [0.05, 0.1) is 0 Å². The van der Waals surface area contributed by atoms with Crippen LogP contribution in [-0.4, -0.2) is 48.2 Å². The minimum absolute atomic E-state index is 0.0362. The minimum atomic E-state index is -0.185. The molecule has 1 unspecified atom stereocenters. The van der Waals surface area contributed by atoms with Crippen LogP contribution in [0.15, 0.2) is 0 Å². The van der Waals surface area contributed by atoms with E-state index in [1.165, 1.54) is 4.90 Å². The molecule has 4 amide bonds. The van der Waals surface area contributed by atoms with Crippen molar-refractivity contribution in [2.75, 3.05) is 19.6 Å². The Hall–Kier alpha value is -1.92. The van der Waals surface area contributed by atoms with Gasteiger partial charge in [0.1, 0.15) is 0 Å². The van der Waals surface area contributed by atoms with Gasteiger partial charge in [0.15, 0.2) is 0 Å². The third-order valence-corrected chi connectivity index (χ3v) is 6.61. The van der Waals surface area contributed by atoms with Crippen LogP contribution in [-0.2, 0) is 19.2 Å². The number of unbranched alkanes of at least 4 members (excludes halogenated alkanes) is 4. The topological polar surface area (TPSA) is 95.6 Å². The molecule has 0 aromatic carbocycles. The summed E-state index contributed by atoms with van der Waals surface area (Å²) in [5.74, 6) is 0.321. The molecule has 1 atom stereocenters. The largest absolute Gasteiger partial charge is 0.356 e. The zero-order valence-corrected chi connectivity index (χ0v) is 19.4. The first-order valence-corrected chi connectivity index (χ1v) is 12.3. The summed E-state index contributed by atoms with van der Waals surface area (Å²) in [6.45, 7) is 5.90. The van der Waals surface area contributed by atoms with Gasteiger partial charge >= 0.3 is 0 Å². The highest BCUT2D eigenvalue weighted by Crippen LogP contribution is 2.31. The van der Waals surface area contributed by atoms with Gasteiger partial charge in [-0.1, -0.05) is 33.1 Å². The molecule has 31 heavy (non-hydrogen) atoms. The molecule has 1 aliphatic carbocycles. The molecule has 0 radical (unpaired) electrons. The Morgan fingerprint density at radius 3 is 2.26 bits per heavy atom. The fraction of sp³-hybridized carbons (Fsp3) is 0.833. The van der Waals surface area contributed by atoms with Gasteiger partial charge in [-0.15, -0.1) is 0 Å².